The third-order valence-corrected chi connectivity index (χ3v) is 2.73. The van der Waals surface area contributed by atoms with Crippen molar-refractivity contribution >= 4 is 29.3 Å². The van der Waals surface area contributed by atoms with Gasteiger partial charge in [-0.3, -0.25) is 0 Å². The maximum absolute atomic E-state index is 8.85. The molecular weight excluding hydrogens is 183 g/mol. The molecule has 0 radical (unpaired) electrons. The van der Waals surface area contributed by atoms with Crippen LogP contribution in [0.2, 0.25) is 0 Å². The second-order valence-electron chi connectivity index (χ2n) is 2.80. The van der Waals surface area contributed by atoms with Crippen LogP contribution in [0.5, 0.6) is 0 Å². The minimum atomic E-state index is -1.33. The Hall–Kier alpha value is -0.575. The fourth-order valence-electron chi connectivity index (χ4n) is 0.963. The van der Waals surface area contributed by atoms with E-state index in [1.807, 2.05) is 12.1 Å². The standard InChI is InChI=1S/C9H13BO2S/c1-2-3-4-5-8-6-7-9(13-8)10(11)12/h4-7,11-12H,2-3H2,1H3/b5-4+. The molecule has 1 rings (SSSR count). The molecule has 1 heterocycles. The topological polar surface area (TPSA) is 40.5 Å². The zero-order valence-electron chi connectivity index (χ0n) is 7.60. The van der Waals surface area contributed by atoms with Crippen molar-refractivity contribution in [1.82, 2.24) is 0 Å². The Morgan fingerprint density at radius 3 is 2.77 bits per heavy atom. The fraction of sp³-hybridized carbons (Fsp3) is 0.333. The van der Waals surface area contributed by atoms with Crippen LogP contribution in [0.25, 0.3) is 6.08 Å². The van der Waals surface area contributed by atoms with E-state index in [0.717, 1.165) is 17.7 Å². The van der Waals surface area contributed by atoms with E-state index in [-0.39, 0.29) is 0 Å². The third kappa shape index (κ3) is 3.34. The van der Waals surface area contributed by atoms with Crippen LogP contribution < -0.4 is 4.78 Å². The van der Waals surface area contributed by atoms with Gasteiger partial charge < -0.3 is 10.0 Å². The molecule has 70 valence electrons. The highest BCUT2D eigenvalue weighted by Gasteiger charge is 2.12. The van der Waals surface area contributed by atoms with Gasteiger partial charge in [-0.2, -0.15) is 0 Å². The second kappa shape index (κ2) is 5.22. The normalized spacial score (nSPS) is 11.0. The summed E-state index contributed by atoms with van der Waals surface area (Å²) in [7, 11) is -1.33. The Morgan fingerprint density at radius 1 is 1.46 bits per heavy atom. The van der Waals surface area contributed by atoms with Crippen LogP contribution in [0.4, 0.5) is 0 Å². The lowest BCUT2D eigenvalue weighted by atomic mass is 9.90. The van der Waals surface area contributed by atoms with Crippen molar-refractivity contribution < 1.29 is 10.0 Å². The molecule has 0 amide bonds. The lowest BCUT2D eigenvalue weighted by molar-refractivity contribution is 0.427. The molecule has 0 aliphatic rings. The molecule has 0 aliphatic carbocycles. The predicted molar refractivity (Wildman–Crippen MR) is 58.1 cm³/mol. The van der Waals surface area contributed by atoms with Gasteiger partial charge in [-0.15, -0.1) is 11.3 Å². The Balaban J connectivity index is 2.58. The minimum absolute atomic E-state index is 0.594. The zero-order chi connectivity index (χ0) is 9.68. The second-order valence-corrected chi connectivity index (χ2v) is 3.95. The average molecular weight is 196 g/mol. The lowest BCUT2D eigenvalue weighted by Crippen LogP contribution is -2.26. The summed E-state index contributed by atoms with van der Waals surface area (Å²) in [6, 6.07) is 3.63. The van der Waals surface area contributed by atoms with Gasteiger partial charge in [0.15, 0.2) is 0 Å². The van der Waals surface area contributed by atoms with Crippen LogP contribution in [0.15, 0.2) is 18.2 Å². The molecule has 1 aromatic heterocycles. The molecule has 0 aromatic carbocycles. The molecular formula is C9H13BO2S. The maximum atomic E-state index is 8.85. The highest BCUT2D eigenvalue weighted by Crippen LogP contribution is 2.09. The zero-order valence-corrected chi connectivity index (χ0v) is 8.42. The summed E-state index contributed by atoms with van der Waals surface area (Å²) in [5.41, 5.74) is 0. The first kappa shape index (κ1) is 10.5. The Kier molecular flexibility index (Phi) is 4.22. The summed E-state index contributed by atoms with van der Waals surface area (Å²) in [5.74, 6) is 0. The number of unbranched alkanes of at least 4 members (excludes halogenated alkanes) is 1. The van der Waals surface area contributed by atoms with Gasteiger partial charge in [0, 0.05) is 9.65 Å². The number of hydrogen-bond acceptors (Lipinski definition) is 3. The molecule has 0 bridgehead atoms. The summed E-state index contributed by atoms with van der Waals surface area (Å²) in [6.07, 6.45) is 6.31. The van der Waals surface area contributed by atoms with Gasteiger partial charge in [-0.05, 0) is 18.6 Å². The number of allylic oxidation sites excluding steroid dienone is 1. The van der Waals surface area contributed by atoms with Crippen molar-refractivity contribution in [1.29, 1.82) is 0 Å². The Labute approximate surface area is 82.7 Å². The van der Waals surface area contributed by atoms with E-state index in [9.17, 15) is 0 Å². The largest absolute Gasteiger partial charge is 0.499 e. The van der Waals surface area contributed by atoms with Crippen LogP contribution >= 0.6 is 11.3 Å². The van der Waals surface area contributed by atoms with Crippen molar-refractivity contribution in [3.05, 3.63) is 23.1 Å². The first-order valence-electron chi connectivity index (χ1n) is 4.36. The van der Waals surface area contributed by atoms with Gasteiger partial charge in [0.1, 0.15) is 0 Å². The van der Waals surface area contributed by atoms with E-state index >= 15 is 0 Å². The van der Waals surface area contributed by atoms with Crippen LogP contribution in [0.3, 0.4) is 0 Å². The summed E-state index contributed by atoms with van der Waals surface area (Å²) in [5, 5.41) is 17.7. The van der Waals surface area contributed by atoms with Crippen molar-refractivity contribution in [3.63, 3.8) is 0 Å². The highest BCUT2D eigenvalue weighted by molar-refractivity contribution is 7.22. The van der Waals surface area contributed by atoms with Crippen LogP contribution in [0, 0.1) is 0 Å². The number of hydrogen-bond donors (Lipinski definition) is 2. The van der Waals surface area contributed by atoms with E-state index in [0.29, 0.717) is 4.78 Å². The summed E-state index contributed by atoms with van der Waals surface area (Å²) < 4.78 is 0.594. The minimum Gasteiger partial charge on any atom is -0.423 e. The maximum Gasteiger partial charge on any atom is 0.499 e. The smallest absolute Gasteiger partial charge is 0.423 e. The number of rotatable bonds is 4. The van der Waals surface area contributed by atoms with E-state index < -0.39 is 7.12 Å². The predicted octanol–water partition coefficient (Wildman–Crippen LogP) is 1.24. The Bertz CT molecular complexity index is 281. The molecule has 1 aromatic rings. The summed E-state index contributed by atoms with van der Waals surface area (Å²) in [4.78, 5) is 1.07. The van der Waals surface area contributed by atoms with Crippen molar-refractivity contribution in [2.24, 2.45) is 0 Å². The molecule has 0 fully saturated rings. The van der Waals surface area contributed by atoms with Crippen molar-refractivity contribution in [3.8, 4) is 0 Å². The third-order valence-electron chi connectivity index (χ3n) is 1.64. The van der Waals surface area contributed by atoms with Crippen LogP contribution in [-0.2, 0) is 0 Å². The van der Waals surface area contributed by atoms with E-state index in [2.05, 4.69) is 13.0 Å². The van der Waals surface area contributed by atoms with Crippen molar-refractivity contribution in [2.45, 2.75) is 19.8 Å². The van der Waals surface area contributed by atoms with Gasteiger partial charge in [-0.25, -0.2) is 0 Å². The average Bonchev–Trinajstić information content (AvgIpc) is 2.53. The SMILES string of the molecule is CCC/C=C/c1ccc(B(O)O)s1. The molecule has 0 spiro atoms. The molecule has 0 saturated carbocycles. The monoisotopic (exact) mass is 196 g/mol. The lowest BCUT2D eigenvalue weighted by Gasteiger charge is -1.89. The van der Waals surface area contributed by atoms with Gasteiger partial charge in [0.2, 0.25) is 0 Å². The molecule has 0 atom stereocenters. The molecule has 4 heteroatoms. The van der Waals surface area contributed by atoms with Gasteiger partial charge in [0.25, 0.3) is 0 Å². The summed E-state index contributed by atoms with van der Waals surface area (Å²) >= 11 is 1.40. The van der Waals surface area contributed by atoms with E-state index in [1.165, 1.54) is 11.3 Å². The quantitative estimate of drug-likeness (QED) is 0.711. The first-order valence-corrected chi connectivity index (χ1v) is 5.18. The molecule has 2 N–H and O–H groups in total. The Morgan fingerprint density at radius 2 is 2.23 bits per heavy atom. The fourth-order valence-corrected chi connectivity index (χ4v) is 1.78. The van der Waals surface area contributed by atoms with Gasteiger partial charge >= 0.3 is 7.12 Å². The molecule has 0 saturated heterocycles. The highest BCUT2D eigenvalue weighted by atomic mass is 32.1. The van der Waals surface area contributed by atoms with E-state index in [1.54, 1.807) is 6.07 Å². The molecule has 0 unspecified atom stereocenters. The van der Waals surface area contributed by atoms with Gasteiger partial charge in [0.05, 0.1) is 0 Å². The van der Waals surface area contributed by atoms with Crippen molar-refractivity contribution in [2.75, 3.05) is 0 Å². The summed E-state index contributed by atoms with van der Waals surface area (Å²) in [6.45, 7) is 2.13. The molecule has 2 nitrogen and oxygen atoms in total. The van der Waals surface area contributed by atoms with Crippen LogP contribution in [-0.4, -0.2) is 17.2 Å². The first-order chi connectivity index (χ1) is 6.24. The van der Waals surface area contributed by atoms with Gasteiger partial charge in [-0.1, -0.05) is 25.5 Å². The van der Waals surface area contributed by atoms with E-state index in [4.69, 9.17) is 10.0 Å². The molecule has 13 heavy (non-hydrogen) atoms. The molecule has 0 aliphatic heterocycles. The van der Waals surface area contributed by atoms with Crippen LogP contribution in [0.1, 0.15) is 24.6 Å². The number of thiophene rings is 1.